The number of ether oxygens (including phenoxy) is 2. The van der Waals surface area contributed by atoms with Gasteiger partial charge in [-0.1, -0.05) is 6.07 Å². The number of fused-ring (bicyclic) bond motifs is 1. The van der Waals surface area contributed by atoms with Crippen molar-refractivity contribution in [2.75, 3.05) is 17.4 Å². The van der Waals surface area contributed by atoms with E-state index in [1.165, 1.54) is 24.4 Å². The summed E-state index contributed by atoms with van der Waals surface area (Å²) in [5, 5.41) is 5.77. The number of carbonyl (C=O) groups is 1. The normalized spacial score (nSPS) is 11.9. The molecule has 2 heterocycles. The second-order valence-electron chi connectivity index (χ2n) is 5.59. The van der Waals surface area contributed by atoms with Gasteiger partial charge in [0.05, 0.1) is 0 Å². The molecule has 26 heavy (non-hydrogen) atoms. The Morgan fingerprint density at radius 2 is 1.88 bits per heavy atom. The summed E-state index contributed by atoms with van der Waals surface area (Å²) in [5.74, 6) is 1.06. The molecule has 1 amide bonds. The highest BCUT2D eigenvalue weighted by Crippen LogP contribution is 2.34. The third-order valence-electron chi connectivity index (χ3n) is 3.75. The van der Waals surface area contributed by atoms with Gasteiger partial charge in [-0.05, 0) is 42.5 Å². The smallest absolute Gasteiger partial charge is 0.255 e. The van der Waals surface area contributed by atoms with Crippen LogP contribution in [0.25, 0.3) is 0 Å². The Bertz CT molecular complexity index is 978. The molecule has 1 aliphatic heterocycles. The van der Waals surface area contributed by atoms with Gasteiger partial charge in [-0.2, -0.15) is 0 Å². The Morgan fingerprint density at radius 1 is 1.00 bits per heavy atom. The number of nitrogens with zero attached hydrogens (tertiary/aromatic N) is 1. The summed E-state index contributed by atoms with van der Waals surface area (Å²) < 4.78 is 23.8. The highest BCUT2D eigenvalue weighted by atomic mass is 19.1. The third kappa shape index (κ3) is 3.41. The van der Waals surface area contributed by atoms with Crippen molar-refractivity contribution < 1.29 is 18.7 Å². The highest BCUT2D eigenvalue weighted by Gasteiger charge is 2.14. The largest absolute Gasteiger partial charge is 0.454 e. The maximum atomic E-state index is 13.2. The number of amides is 1. The van der Waals surface area contributed by atoms with Crippen LogP contribution >= 0.6 is 0 Å². The molecule has 0 aliphatic carbocycles. The second kappa shape index (κ2) is 6.72. The minimum absolute atomic E-state index is 0.201. The quantitative estimate of drug-likeness (QED) is 0.745. The van der Waals surface area contributed by atoms with Gasteiger partial charge in [-0.15, -0.1) is 0 Å². The number of hydrogen-bond donors (Lipinski definition) is 2. The molecule has 0 unspecified atom stereocenters. The summed E-state index contributed by atoms with van der Waals surface area (Å²) in [5.41, 5.74) is 1.54. The van der Waals surface area contributed by atoms with Crippen LogP contribution in [-0.2, 0) is 0 Å². The van der Waals surface area contributed by atoms with Crippen LogP contribution in [0.2, 0.25) is 0 Å². The number of nitrogens with one attached hydrogen (secondary N) is 2. The molecule has 0 radical (unpaired) electrons. The van der Waals surface area contributed by atoms with Crippen molar-refractivity contribution in [3.63, 3.8) is 0 Å². The van der Waals surface area contributed by atoms with E-state index in [2.05, 4.69) is 15.6 Å². The molecule has 1 aromatic heterocycles. The second-order valence-corrected chi connectivity index (χ2v) is 5.59. The van der Waals surface area contributed by atoms with Crippen molar-refractivity contribution in [3.05, 3.63) is 72.2 Å². The molecule has 0 bridgehead atoms. The number of anilines is 3. The van der Waals surface area contributed by atoms with E-state index in [1.54, 1.807) is 30.3 Å². The number of pyridine rings is 1. The van der Waals surface area contributed by atoms with E-state index in [-0.39, 0.29) is 12.7 Å². The maximum Gasteiger partial charge on any atom is 0.255 e. The van der Waals surface area contributed by atoms with Gasteiger partial charge in [0.1, 0.15) is 11.6 Å². The van der Waals surface area contributed by atoms with E-state index in [0.29, 0.717) is 28.6 Å². The van der Waals surface area contributed by atoms with Crippen LogP contribution in [0.4, 0.5) is 21.6 Å². The van der Waals surface area contributed by atoms with Gasteiger partial charge in [-0.25, -0.2) is 9.37 Å². The number of benzene rings is 2. The number of carbonyl (C=O) groups excluding carboxylic acids is 1. The molecule has 0 saturated carbocycles. The van der Waals surface area contributed by atoms with Crippen LogP contribution in [-0.4, -0.2) is 17.7 Å². The first-order valence-electron chi connectivity index (χ1n) is 7.87. The summed E-state index contributed by atoms with van der Waals surface area (Å²) in [4.78, 5) is 16.6. The Hall–Kier alpha value is -3.61. The molecule has 2 aromatic carbocycles. The number of hydrogen-bond acceptors (Lipinski definition) is 5. The lowest BCUT2D eigenvalue weighted by molar-refractivity contribution is 0.102. The Balaban J connectivity index is 1.50. The van der Waals surface area contributed by atoms with E-state index in [1.807, 2.05) is 6.07 Å². The van der Waals surface area contributed by atoms with Crippen LogP contribution in [0.3, 0.4) is 0 Å². The minimum atomic E-state index is -0.414. The standard InChI is InChI=1S/C19H14FN3O3/c20-13-2-1-3-14(9-13)23-19(24)12-6-7-21-18(8-12)22-15-4-5-16-17(10-15)26-11-25-16/h1-10H,11H2,(H,21,22)(H,23,24). The van der Waals surface area contributed by atoms with Crippen LogP contribution in [0, 0.1) is 5.82 Å². The molecule has 6 nitrogen and oxygen atoms in total. The number of halogens is 1. The topological polar surface area (TPSA) is 72.5 Å². The lowest BCUT2D eigenvalue weighted by Crippen LogP contribution is -2.12. The molecule has 4 rings (SSSR count). The van der Waals surface area contributed by atoms with Gasteiger partial charge in [0.15, 0.2) is 11.5 Å². The fourth-order valence-corrected chi connectivity index (χ4v) is 2.53. The third-order valence-corrected chi connectivity index (χ3v) is 3.75. The van der Waals surface area contributed by atoms with Crippen LogP contribution in [0.5, 0.6) is 11.5 Å². The lowest BCUT2D eigenvalue weighted by atomic mass is 10.2. The highest BCUT2D eigenvalue weighted by molar-refractivity contribution is 6.04. The summed E-state index contributed by atoms with van der Waals surface area (Å²) in [6.45, 7) is 0.201. The van der Waals surface area contributed by atoms with Crippen molar-refractivity contribution in [2.45, 2.75) is 0 Å². The molecule has 0 saturated heterocycles. The first-order valence-corrected chi connectivity index (χ1v) is 7.87. The van der Waals surface area contributed by atoms with Gasteiger partial charge >= 0.3 is 0 Å². The predicted octanol–water partition coefficient (Wildman–Crippen LogP) is 3.95. The number of rotatable bonds is 4. The van der Waals surface area contributed by atoms with Crippen LogP contribution < -0.4 is 20.1 Å². The van der Waals surface area contributed by atoms with E-state index in [4.69, 9.17) is 9.47 Å². The van der Waals surface area contributed by atoms with Crippen LogP contribution in [0.15, 0.2) is 60.8 Å². The SMILES string of the molecule is O=C(Nc1cccc(F)c1)c1ccnc(Nc2ccc3c(c2)OCO3)c1. The van der Waals surface area contributed by atoms with Crippen molar-refractivity contribution in [3.8, 4) is 11.5 Å². The van der Waals surface area contributed by atoms with Crippen molar-refractivity contribution >= 4 is 23.1 Å². The summed E-state index contributed by atoms with van der Waals surface area (Å²) in [7, 11) is 0. The molecule has 0 atom stereocenters. The Morgan fingerprint density at radius 3 is 2.77 bits per heavy atom. The monoisotopic (exact) mass is 351 g/mol. The van der Waals surface area contributed by atoms with Gasteiger partial charge < -0.3 is 20.1 Å². The van der Waals surface area contributed by atoms with E-state index < -0.39 is 5.82 Å². The average Bonchev–Trinajstić information content (AvgIpc) is 3.10. The molecule has 1 aliphatic rings. The summed E-state index contributed by atoms with van der Waals surface area (Å²) >= 11 is 0. The molecule has 7 heteroatoms. The first-order chi connectivity index (χ1) is 12.7. The molecular formula is C19H14FN3O3. The van der Waals surface area contributed by atoms with Gasteiger partial charge in [0, 0.05) is 29.2 Å². The number of aromatic nitrogens is 1. The Labute approximate surface area is 148 Å². The minimum Gasteiger partial charge on any atom is -0.454 e. The molecule has 2 N–H and O–H groups in total. The first kappa shape index (κ1) is 15.9. The van der Waals surface area contributed by atoms with Crippen LogP contribution in [0.1, 0.15) is 10.4 Å². The van der Waals surface area contributed by atoms with Crippen molar-refractivity contribution in [1.82, 2.24) is 4.98 Å². The zero-order valence-electron chi connectivity index (χ0n) is 13.5. The zero-order valence-corrected chi connectivity index (χ0v) is 13.5. The molecule has 0 spiro atoms. The summed E-state index contributed by atoms with van der Waals surface area (Å²) in [6, 6.07) is 14.3. The lowest BCUT2D eigenvalue weighted by Gasteiger charge is -2.09. The maximum absolute atomic E-state index is 13.2. The van der Waals surface area contributed by atoms with E-state index in [0.717, 1.165) is 5.69 Å². The fourth-order valence-electron chi connectivity index (χ4n) is 2.53. The van der Waals surface area contributed by atoms with E-state index >= 15 is 0 Å². The summed E-state index contributed by atoms with van der Waals surface area (Å²) in [6.07, 6.45) is 1.52. The predicted molar refractivity (Wildman–Crippen MR) is 94.4 cm³/mol. The zero-order chi connectivity index (χ0) is 17.9. The molecule has 3 aromatic rings. The molecule has 0 fully saturated rings. The van der Waals surface area contributed by atoms with Gasteiger partial charge in [-0.3, -0.25) is 4.79 Å². The van der Waals surface area contributed by atoms with Crippen molar-refractivity contribution in [1.29, 1.82) is 0 Å². The Kier molecular flexibility index (Phi) is 4.10. The average molecular weight is 351 g/mol. The molecule has 130 valence electrons. The van der Waals surface area contributed by atoms with Gasteiger partial charge in [0.25, 0.3) is 5.91 Å². The van der Waals surface area contributed by atoms with Crippen molar-refractivity contribution in [2.24, 2.45) is 0 Å². The fraction of sp³-hybridized carbons (Fsp3) is 0.0526. The van der Waals surface area contributed by atoms with E-state index in [9.17, 15) is 9.18 Å². The van der Waals surface area contributed by atoms with Gasteiger partial charge in [0.2, 0.25) is 6.79 Å². The molecular weight excluding hydrogens is 337 g/mol.